The minimum Gasteiger partial charge on any atom is -0.481 e. The third-order valence-electron chi connectivity index (χ3n) is 7.71. The van der Waals surface area contributed by atoms with E-state index in [0.717, 1.165) is 19.3 Å². The van der Waals surface area contributed by atoms with E-state index >= 15 is 0 Å². The summed E-state index contributed by atoms with van der Waals surface area (Å²) >= 11 is 0. The van der Waals surface area contributed by atoms with E-state index in [1.54, 1.807) is 0 Å². The predicted octanol–water partition coefficient (Wildman–Crippen LogP) is 11.3. The van der Waals surface area contributed by atoms with Crippen molar-refractivity contribution >= 4 is 5.97 Å². The molecular weight excluding hydrogens is 456 g/mol. The number of allylic oxidation sites excluding steroid dienone is 2. The second-order valence-corrected chi connectivity index (χ2v) is 11.5. The van der Waals surface area contributed by atoms with Gasteiger partial charge in [-0.3, -0.25) is 4.79 Å². The minimum atomic E-state index is -0.652. The molecule has 0 heterocycles. The molecule has 0 unspecified atom stereocenters. The fraction of sp³-hybridized carbons (Fsp3) is 0.912. The van der Waals surface area contributed by atoms with Gasteiger partial charge in [0.2, 0.25) is 0 Å². The van der Waals surface area contributed by atoms with Crippen LogP contribution in [0.5, 0.6) is 0 Å². The van der Waals surface area contributed by atoms with Gasteiger partial charge in [-0.1, -0.05) is 160 Å². The Kier molecular flexibility index (Phi) is 32.5. The van der Waals surface area contributed by atoms with Gasteiger partial charge in [-0.2, -0.15) is 0 Å². The molecule has 0 radical (unpaired) electrons. The standard InChI is InChI=1S/C34H66O3/c35-33-31-29-27-25-23-21-19-17-15-13-11-9-7-5-3-1-2-4-6-8-10-12-14-16-18-20-22-24-26-28-30-32-34(36)37/h15,17,35H,1-14,16,18-33H2,(H,36,37)/b17-15+. The molecular formula is C34H66O3. The second kappa shape index (κ2) is 33.2. The predicted molar refractivity (Wildman–Crippen MR) is 162 cm³/mol. The first-order chi connectivity index (χ1) is 18.3. The zero-order valence-electron chi connectivity index (χ0n) is 24.9. The van der Waals surface area contributed by atoms with Gasteiger partial charge in [0.25, 0.3) is 0 Å². The van der Waals surface area contributed by atoms with E-state index < -0.39 is 5.97 Å². The maximum atomic E-state index is 10.5. The molecule has 0 aliphatic carbocycles. The number of aliphatic hydroxyl groups is 1. The summed E-state index contributed by atoms with van der Waals surface area (Å²) in [4.78, 5) is 10.5. The van der Waals surface area contributed by atoms with E-state index in [1.165, 1.54) is 167 Å². The Labute approximate surface area is 232 Å². The Bertz CT molecular complexity index is 460. The third kappa shape index (κ3) is 35.2. The summed E-state index contributed by atoms with van der Waals surface area (Å²) in [5, 5.41) is 17.4. The zero-order valence-corrected chi connectivity index (χ0v) is 24.9. The fourth-order valence-corrected chi connectivity index (χ4v) is 5.21. The summed E-state index contributed by atoms with van der Waals surface area (Å²) in [6.45, 7) is 0.356. The van der Waals surface area contributed by atoms with Crippen LogP contribution in [0.15, 0.2) is 12.2 Å². The molecule has 0 saturated heterocycles. The highest BCUT2D eigenvalue weighted by molar-refractivity contribution is 5.66. The molecule has 0 aromatic heterocycles. The van der Waals surface area contributed by atoms with Crippen molar-refractivity contribution in [2.24, 2.45) is 0 Å². The smallest absolute Gasteiger partial charge is 0.303 e. The molecule has 3 nitrogen and oxygen atoms in total. The molecule has 2 N–H and O–H groups in total. The van der Waals surface area contributed by atoms with Gasteiger partial charge in [0.15, 0.2) is 0 Å². The highest BCUT2D eigenvalue weighted by Crippen LogP contribution is 2.15. The number of carboxylic acids is 1. The van der Waals surface area contributed by atoms with Crippen molar-refractivity contribution in [2.75, 3.05) is 6.61 Å². The minimum absolute atomic E-state index is 0.342. The van der Waals surface area contributed by atoms with Crippen LogP contribution in [0.1, 0.15) is 193 Å². The Balaban J connectivity index is 3.07. The van der Waals surface area contributed by atoms with Gasteiger partial charge < -0.3 is 10.2 Å². The Morgan fingerprint density at radius 1 is 0.378 bits per heavy atom. The molecule has 220 valence electrons. The summed E-state index contributed by atoms with van der Waals surface area (Å²) < 4.78 is 0. The van der Waals surface area contributed by atoms with Crippen LogP contribution in [-0.4, -0.2) is 22.8 Å². The zero-order chi connectivity index (χ0) is 26.9. The average Bonchev–Trinajstić information content (AvgIpc) is 2.89. The molecule has 0 aliphatic heterocycles. The first-order valence-corrected chi connectivity index (χ1v) is 16.7. The topological polar surface area (TPSA) is 57.5 Å². The molecule has 0 aromatic rings. The molecule has 0 saturated carbocycles. The summed E-state index contributed by atoms with van der Waals surface area (Å²) in [5.74, 6) is -0.652. The number of hydrogen-bond acceptors (Lipinski definition) is 2. The van der Waals surface area contributed by atoms with E-state index in [9.17, 15) is 4.79 Å². The number of carboxylic acid groups (broad SMARTS) is 1. The summed E-state index contributed by atoms with van der Waals surface area (Å²) in [5.41, 5.74) is 0. The van der Waals surface area contributed by atoms with E-state index in [-0.39, 0.29) is 0 Å². The largest absolute Gasteiger partial charge is 0.481 e. The highest BCUT2D eigenvalue weighted by Gasteiger charge is 1.98. The Morgan fingerprint density at radius 2 is 0.622 bits per heavy atom. The molecule has 0 amide bonds. The first kappa shape index (κ1) is 36.2. The van der Waals surface area contributed by atoms with Crippen molar-refractivity contribution in [1.29, 1.82) is 0 Å². The lowest BCUT2D eigenvalue weighted by Crippen LogP contribution is -1.93. The Morgan fingerprint density at radius 3 is 0.892 bits per heavy atom. The molecule has 0 rings (SSSR count). The van der Waals surface area contributed by atoms with Crippen molar-refractivity contribution in [1.82, 2.24) is 0 Å². The van der Waals surface area contributed by atoms with Crippen molar-refractivity contribution in [2.45, 2.75) is 193 Å². The summed E-state index contributed by atoms with van der Waals surface area (Å²) in [7, 11) is 0. The van der Waals surface area contributed by atoms with Gasteiger partial charge in [0.05, 0.1) is 0 Å². The molecule has 0 atom stereocenters. The lowest BCUT2D eigenvalue weighted by atomic mass is 10.0. The third-order valence-corrected chi connectivity index (χ3v) is 7.71. The summed E-state index contributed by atoms with van der Waals surface area (Å²) in [6.07, 6.45) is 43.6. The van der Waals surface area contributed by atoms with Crippen LogP contribution < -0.4 is 0 Å². The lowest BCUT2D eigenvalue weighted by molar-refractivity contribution is -0.137. The van der Waals surface area contributed by atoms with Gasteiger partial charge in [0, 0.05) is 13.0 Å². The van der Waals surface area contributed by atoms with Crippen LogP contribution >= 0.6 is 0 Å². The van der Waals surface area contributed by atoms with Crippen LogP contribution in [0, 0.1) is 0 Å². The monoisotopic (exact) mass is 523 g/mol. The maximum Gasteiger partial charge on any atom is 0.303 e. The molecule has 0 fully saturated rings. The van der Waals surface area contributed by atoms with Crippen LogP contribution in [-0.2, 0) is 4.79 Å². The number of rotatable bonds is 32. The van der Waals surface area contributed by atoms with Gasteiger partial charge in [-0.05, 0) is 38.5 Å². The van der Waals surface area contributed by atoms with Gasteiger partial charge in [-0.25, -0.2) is 0 Å². The molecule has 0 aromatic carbocycles. The molecule has 0 spiro atoms. The molecule has 3 heteroatoms. The van der Waals surface area contributed by atoms with E-state index in [1.807, 2.05) is 0 Å². The molecule has 37 heavy (non-hydrogen) atoms. The van der Waals surface area contributed by atoms with Crippen molar-refractivity contribution in [3.8, 4) is 0 Å². The normalized spacial score (nSPS) is 11.6. The van der Waals surface area contributed by atoms with Gasteiger partial charge in [0.1, 0.15) is 0 Å². The fourth-order valence-electron chi connectivity index (χ4n) is 5.21. The average molecular weight is 523 g/mol. The number of carbonyl (C=O) groups is 1. The number of aliphatic carboxylic acids is 1. The maximum absolute atomic E-state index is 10.5. The van der Waals surface area contributed by atoms with Gasteiger partial charge >= 0.3 is 5.97 Å². The van der Waals surface area contributed by atoms with Crippen LogP contribution in [0.25, 0.3) is 0 Å². The van der Waals surface area contributed by atoms with Crippen molar-refractivity contribution in [3.63, 3.8) is 0 Å². The SMILES string of the molecule is O=C(O)CCCCCCCCCCCCCCCCCCCCCCC/C=C/CCCCCCCCO. The van der Waals surface area contributed by atoms with Crippen LogP contribution in [0.3, 0.4) is 0 Å². The van der Waals surface area contributed by atoms with E-state index in [0.29, 0.717) is 13.0 Å². The van der Waals surface area contributed by atoms with E-state index in [2.05, 4.69) is 12.2 Å². The van der Waals surface area contributed by atoms with Crippen LogP contribution in [0.2, 0.25) is 0 Å². The quantitative estimate of drug-likeness (QED) is 0.0682. The van der Waals surface area contributed by atoms with Crippen LogP contribution in [0.4, 0.5) is 0 Å². The first-order valence-electron chi connectivity index (χ1n) is 16.7. The number of unbranched alkanes of at least 4 members (excludes halogenated alkanes) is 27. The van der Waals surface area contributed by atoms with Gasteiger partial charge in [-0.15, -0.1) is 0 Å². The van der Waals surface area contributed by atoms with Crippen molar-refractivity contribution in [3.05, 3.63) is 12.2 Å². The van der Waals surface area contributed by atoms with E-state index in [4.69, 9.17) is 10.2 Å². The number of aliphatic hydroxyl groups excluding tert-OH is 1. The van der Waals surface area contributed by atoms with Crippen molar-refractivity contribution < 1.29 is 15.0 Å². The molecule has 0 bridgehead atoms. The second-order valence-electron chi connectivity index (χ2n) is 11.5. The molecule has 0 aliphatic rings. The lowest BCUT2D eigenvalue weighted by Gasteiger charge is -2.04. The Hall–Kier alpha value is -0.830. The highest BCUT2D eigenvalue weighted by atomic mass is 16.4. The summed E-state index contributed by atoms with van der Waals surface area (Å²) in [6, 6.07) is 0. The number of hydrogen-bond donors (Lipinski definition) is 2.